The van der Waals surface area contributed by atoms with Gasteiger partial charge in [0.1, 0.15) is 0 Å². The maximum atomic E-state index is 9.28. The first-order valence-corrected chi connectivity index (χ1v) is 2.43. The van der Waals surface area contributed by atoms with Gasteiger partial charge in [0.2, 0.25) is 0 Å². The molecule has 0 amide bonds. The molecule has 0 atom stereocenters. The maximum absolute atomic E-state index is 9.28. The van der Waals surface area contributed by atoms with E-state index in [1.54, 1.807) is 0 Å². The quantitative estimate of drug-likeness (QED) is 0.288. The van der Waals surface area contributed by atoms with Crippen molar-refractivity contribution in [1.29, 1.82) is 0 Å². The molecule has 0 aromatic heterocycles. The molecule has 94 valence electrons. The minimum absolute atomic E-state index is 0. The van der Waals surface area contributed by atoms with Crippen LogP contribution >= 0.6 is 0 Å². The van der Waals surface area contributed by atoms with E-state index in [1.807, 2.05) is 0 Å². The summed E-state index contributed by atoms with van der Waals surface area (Å²) in [6.45, 7) is 0.972. The van der Waals surface area contributed by atoms with Crippen molar-refractivity contribution >= 4 is 17.9 Å². The molecule has 0 aliphatic carbocycles. The van der Waals surface area contributed by atoms with Crippen molar-refractivity contribution < 1.29 is 96.8 Å². The van der Waals surface area contributed by atoms with Crippen molar-refractivity contribution in [2.24, 2.45) is 0 Å². The predicted molar refractivity (Wildman–Crippen MR) is 25.3 cm³/mol. The van der Waals surface area contributed by atoms with E-state index < -0.39 is 24.3 Å². The van der Waals surface area contributed by atoms with Gasteiger partial charge in [0, 0.05) is 24.3 Å². The van der Waals surface area contributed by atoms with Crippen LogP contribution in [-0.4, -0.2) is 17.9 Å². The number of aliphatic carboxylic acids is 3. The molecule has 0 saturated carbocycles. The number of carboxylic acids is 3. The Kier molecular flexibility index (Phi) is 40.3. The zero-order chi connectivity index (χ0) is 9.44. The summed E-state index contributed by atoms with van der Waals surface area (Å²) in [5.74, 6) is -4.33. The molecule has 9 heteroatoms. The van der Waals surface area contributed by atoms with E-state index in [2.05, 4.69) is 0 Å². The summed E-state index contributed by atoms with van der Waals surface area (Å²) in [6.07, 6.45) is -1.03. The SMILES string of the molecule is CC(=O)[O-].O=C([O-])CC(=O)[O-].[Ag+].[Ag+].[Ag+]. The van der Waals surface area contributed by atoms with Crippen molar-refractivity contribution in [2.45, 2.75) is 13.3 Å². The number of carbonyl (C=O) groups excluding carboxylic acids is 3. The molecule has 0 saturated heterocycles. The number of carboxylic acid groups (broad SMARTS) is 3. The van der Waals surface area contributed by atoms with Gasteiger partial charge in [-0.2, -0.15) is 0 Å². The Morgan fingerprint density at radius 3 is 1.00 bits per heavy atom. The number of hydrogen-bond acceptors (Lipinski definition) is 6. The van der Waals surface area contributed by atoms with Gasteiger partial charge in [-0.05, 0) is 6.92 Å². The van der Waals surface area contributed by atoms with Crippen LogP contribution in [0.1, 0.15) is 13.3 Å². The summed E-state index contributed by atoms with van der Waals surface area (Å²) in [7, 11) is 0. The molecule has 0 aromatic rings. The van der Waals surface area contributed by atoms with Crippen LogP contribution in [0.5, 0.6) is 0 Å². The molecule has 0 bridgehead atoms. The second-order valence-electron chi connectivity index (χ2n) is 1.41. The smallest absolute Gasteiger partial charge is 0.550 e. The Labute approximate surface area is 127 Å². The molecule has 0 rings (SSSR count). The third-order valence-electron chi connectivity index (χ3n) is 0.289. The zero-order valence-corrected chi connectivity index (χ0v) is 11.0. The van der Waals surface area contributed by atoms with Crippen molar-refractivity contribution in [1.82, 2.24) is 0 Å². The van der Waals surface area contributed by atoms with Crippen molar-refractivity contribution in [3.63, 3.8) is 0 Å². The molecule has 6 nitrogen and oxygen atoms in total. The first kappa shape index (κ1) is 29.3. The maximum Gasteiger partial charge on any atom is 1.00 e. The minimum atomic E-state index is -1.63. The van der Waals surface area contributed by atoms with Crippen LogP contribution in [0, 0.1) is 0 Å². The predicted octanol–water partition coefficient (Wildman–Crippen LogP) is -4.38. The Bertz CT molecular complexity index is 155. The van der Waals surface area contributed by atoms with Gasteiger partial charge < -0.3 is 29.7 Å². The van der Waals surface area contributed by atoms with Crippen LogP contribution in [0.15, 0.2) is 0 Å². The summed E-state index contributed by atoms with van der Waals surface area (Å²) in [5.41, 5.74) is 0. The third kappa shape index (κ3) is 79.7. The Balaban J connectivity index is -0.0000000347. The standard InChI is InChI=1S/C3H4O4.C2H4O2.3Ag/c4-2(5)1-3(6)7;1-2(3)4;;;/h1H2,(H,4,5)(H,6,7);1H3,(H,3,4);;;/q;;3*+1/p-3. The molecule has 0 N–H and O–H groups in total. The van der Waals surface area contributed by atoms with Crippen molar-refractivity contribution in [2.75, 3.05) is 0 Å². The van der Waals surface area contributed by atoms with Crippen LogP contribution in [-0.2, 0) is 81.5 Å². The van der Waals surface area contributed by atoms with Gasteiger partial charge in [0.05, 0.1) is 0 Å². The van der Waals surface area contributed by atoms with Gasteiger partial charge in [0.15, 0.2) is 0 Å². The summed E-state index contributed by atoms with van der Waals surface area (Å²) in [5, 5.41) is 27.4. The molecule has 14 heavy (non-hydrogen) atoms. The van der Waals surface area contributed by atoms with Gasteiger partial charge in [0.25, 0.3) is 0 Å². The average Bonchev–Trinajstić information content (AvgIpc) is 1.56. The van der Waals surface area contributed by atoms with Crippen molar-refractivity contribution in [3.8, 4) is 0 Å². The van der Waals surface area contributed by atoms with Crippen LogP contribution in [0.3, 0.4) is 0 Å². The summed E-state index contributed by atoms with van der Waals surface area (Å²) >= 11 is 0. The van der Waals surface area contributed by atoms with Crippen LogP contribution < -0.4 is 15.3 Å². The Hall–Kier alpha value is 0.631. The number of carbonyl (C=O) groups is 3. The molecule has 0 unspecified atom stereocenters. The first-order valence-electron chi connectivity index (χ1n) is 2.43. The second-order valence-corrected chi connectivity index (χ2v) is 1.41. The average molecular weight is 485 g/mol. The molecule has 0 aromatic carbocycles. The fourth-order valence-corrected chi connectivity index (χ4v) is 0.118. The normalized spacial score (nSPS) is 5.79. The van der Waals surface area contributed by atoms with E-state index in [1.165, 1.54) is 0 Å². The van der Waals surface area contributed by atoms with E-state index >= 15 is 0 Å². The fourth-order valence-electron chi connectivity index (χ4n) is 0.118. The van der Waals surface area contributed by atoms with Crippen LogP contribution in [0.25, 0.3) is 0 Å². The molecule has 0 aliphatic heterocycles. The largest absolute Gasteiger partial charge is 1.00 e. The van der Waals surface area contributed by atoms with Crippen LogP contribution in [0.4, 0.5) is 0 Å². The van der Waals surface area contributed by atoms with E-state index in [9.17, 15) is 19.8 Å². The summed E-state index contributed by atoms with van der Waals surface area (Å²) in [6, 6.07) is 0. The van der Waals surface area contributed by atoms with E-state index in [4.69, 9.17) is 9.90 Å². The first-order chi connectivity index (χ1) is 4.86. The summed E-state index contributed by atoms with van der Waals surface area (Å²) in [4.78, 5) is 27.4. The van der Waals surface area contributed by atoms with Gasteiger partial charge >= 0.3 is 67.1 Å². The number of rotatable bonds is 2. The molecule has 0 fully saturated rings. The minimum Gasteiger partial charge on any atom is -0.550 e. The molecule has 0 spiro atoms. The third-order valence-corrected chi connectivity index (χ3v) is 0.289. The fraction of sp³-hybridized carbons (Fsp3) is 0.400. The van der Waals surface area contributed by atoms with Crippen LogP contribution in [0.2, 0.25) is 0 Å². The molecular weight excluding hydrogens is 480 g/mol. The topological polar surface area (TPSA) is 120 Å². The van der Waals surface area contributed by atoms with E-state index in [0.717, 1.165) is 6.92 Å². The summed E-state index contributed by atoms with van der Waals surface area (Å²) < 4.78 is 0. The van der Waals surface area contributed by atoms with Gasteiger partial charge in [-0.1, -0.05) is 0 Å². The molecule has 0 heterocycles. The van der Waals surface area contributed by atoms with E-state index in [0.29, 0.717) is 0 Å². The molecule has 0 radical (unpaired) electrons. The molecular formula is C5H5Ag3O6. The van der Waals surface area contributed by atoms with Gasteiger partial charge in [-0.25, -0.2) is 0 Å². The Morgan fingerprint density at radius 2 is 1.00 bits per heavy atom. The second kappa shape index (κ2) is 19.2. The van der Waals surface area contributed by atoms with E-state index in [-0.39, 0.29) is 67.1 Å². The van der Waals surface area contributed by atoms with Crippen molar-refractivity contribution in [3.05, 3.63) is 0 Å². The number of hydrogen-bond donors (Lipinski definition) is 0. The Morgan fingerprint density at radius 1 is 0.857 bits per heavy atom. The van der Waals surface area contributed by atoms with Gasteiger partial charge in [-0.3, -0.25) is 0 Å². The molecule has 0 aliphatic rings. The van der Waals surface area contributed by atoms with Gasteiger partial charge in [-0.15, -0.1) is 0 Å². The zero-order valence-electron chi connectivity index (χ0n) is 6.56. The monoisotopic (exact) mass is 482 g/mol.